The number of hydrogen-bond donors (Lipinski definition) is 5. The van der Waals surface area contributed by atoms with E-state index in [1.807, 2.05) is 19.1 Å². The molecule has 0 aliphatic carbocycles. The third-order valence-corrected chi connectivity index (χ3v) is 11.2. The number of non-ortho nitro benzene ring substituents is 2. The molecule has 0 spiro atoms. The lowest BCUT2D eigenvalue weighted by Crippen LogP contribution is -1.98. The van der Waals surface area contributed by atoms with Gasteiger partial charge in [-0.1, -0.05) is 63.9 Å². The molecule has 10 rings (SSSR count). The zero-order valence-electron chi connectivity index (χ0n) is 32.4. The maximum absolute atomic E-state index is 10.8. The molecule has 0 fully saturated rings. The molecule has 10 aromatic rings. The van der Waals surface area contributed by atoms with Crippen molar-refractivity contribution in [2.75, 3.05) is 0 Å². The predicted molar refractivity (Wildman–Crippen MR) is 239 cm³/mol. The molecule has 5 aromatic heterocycles. The molecule has 0 aliphatic rings. The number of nitro benzene ring substituents is 3. The number of aromatic nitrogens is 15. The predicted octanol–water partition coefficient (Wildman–Crippen LogP) is 7.39. The molecular weight excluding hydrogens is 1170 g/mol. The number of fused-ring (bicyclic) bond motifs is 5. The molecule has 0 aliphatic heterocycles. The van der Waals surface area contributed by atoms with Crippen molar-refractivity contribution < 1.29 is 40.8 Å². The second-order valence-corrected chi connectivity index (χ2v) is 16.5. The first-order valence-corrected chi connectivity index (χ1v) is 20.8. The van der Waals surface area contributed by atoms with Gasteiger partial charge in [0.25, 0.3) is 17.1 Å². The van der Waals surface area contributed by atoms with Crippen molar-refractivity contribution >= 4 is 148 Å². The smallest absolute Gasteiger partial charge is 0.300 e. The number of aryl methyl sites for hydroxylation is 2. The Morgan fingerprint density at radius 2 is 1.11 bits per heavy atom. The van der Waals surface area contributed by atoms with Gasteiger partial charge in [-0.2, -0.15) is 0 Å². The Kier molecular flexibility index (Phi) is 14.3. The van der Waals surface area contributed by atoms with Gasteiger partial charge in [-0.05, 0) is 124 Å². The Hall–Kier alpha value is -7.49. The molecule has 340 valence electrons. The van der Waals surface area contributed by atoms with Crippen molar-refractivity contribution in [1.29, 1.82) is 0 Å². The Morgan fingerprint density at radius 1 is 0.545 bits per heavy atom. The van der Waals surface area contributed by atoms with E-state index in [1.165, 1.54) is 37.3 Å². The molecular formula is C32H21Br4ClN18O11. The summed E-state index contributed by atoms with van der Waals surface area (Å²) in [6, 6.07) is 15.6. The van der Waals surface area contributed by atoms with E-state index >= 15 is 0 Å². The van der Waals surface area contributed by atoms with Gasteiger partial charge in [0.15, 0.2) is 5.52 Å². The van der Waals surface area contributed by atoms with Gasteiger partial charge in [-0.3, -0.25) is 30.3 Å². The second kappa shape index (κ2) is 19.7. The van der Waals surface area contributed by atoms with Gasteiger partial charge in [0.1, 0.15) is 49.7 Å². The zero-order chi connectivity index (χ0) is 48.3. The van der Waals surface area contributed by atoms with E-state index in [4.69, 9.17) is 27.2 Å². The van der Waals surface area contributed by atoms with Crippen LogP contribution in [0.2, 0.25) is 5.02 Å². The third kappa shape index (κ3) is 9.92. The average Bonchev–Trinajstić information content (AvgIpc) is 4.10. The molecule has 0 unspecified atom stereocenters. The molecule has 0 amide bonds. The van der Waals surface area contributed by atoms with Crippen LogP contribution in [-0.2, 0) is 0 Å². The molecule has 5 aromatic carbocycles. The molecule has 34 heteroatoms. The Labute approximate surface area is 400 Å². The lowest BCUT2D eigenvalue weighted by atomic mass is 10.1. The molecule has 0 bridgehead atoms. The van der Waals surface area contributed by atoms with Crippen LogP contribution >= 0.6 is 75.3 Å². The summed E-state index contributed by atoms with van der Waals surface area (Å²) in [5.74, 6) is 0. The van der Waals surface area contributed by atoms with Crippen LogP contribution in [0.1, 0.15) is 11.1 Å². The minimum atomic E-state index is -0.582. The average molecular weight is 1190 g/mol. The maximum Gasteiger partial charge on any atom is 0.300 e. The van der Waals surface area contributed by atoms with E-state index in [-0.39, 0.29) is 39.1 Å². The molecule has 0 radical (unpaired) electrons. The minimum absolute atomic E-state index is 0.0562. The monoisotopic (exact) mass is 1180 g/mol. The molecule has 0 atom stereocenters. The summed E-state index contributed by atoms with van der Waals surface area (Å²) in [5.41, 5.74) is 4.61. The van der Waals surface area contributed by atoms with Gasteiger partial charge < -0.3 is 26.0 Å². The number of nitrogens with zero attached hydrogens (tertiary/aromatic N) is 18. The topological polar surface area (TPSA) is 384 Å². The highest BCUT2D eigenvalue weighted by molar-refractivity contribution is 9.11. The van der Waals surface area contributed by atoms with Crippen LogP contribution < -0.4 is 0 Å². The number of hydrogen-bond acceptors (Lipinski definition) is 21. The summed E-state index contributed by atoms with van der Waals surface area (Å²) < 4.78 is 2.05. The van der Waals surface area contributed by atoms with E-state index in [2.05, 4.69) is 115 Å². The van der Waals surface area contributed by atoms with Crippen LogP contribution in [0.15, 0.2) is 78.6 Å². The lowest BCUT2D eigenvalue weighted by molar-refractivity contribution is -0.386. The Morgan fingerprint density at radius 3 is 1.71 bits per heavy atom. The van der Waals surface area contributed by atoms with Gasteiger partial charge in [-0.25, -0.2) is 0 Å². The van der Waals surface area contributed by atoms with E-state index in [1.54, 1.807) is 18.2 Å². The van der Waals surface area contributed by atoms with Gasteiger partial charge >= 0.3 is 0 Å². The fraction of sp³-hybridized carbons (Fsp3) is 0.0625. The molecule has 66 heavy (non-hydrogen) atoms. The normalized spacial score (nSPS) is 10.7. The van der Waals surface area contributed by atoms with E-state index in [9.17, 15) is 40.8 Å². The zero-order valence-corrected chi connectivity index (χ0v) is 39.5. The Bertz CT molecular complexity index is 3500. The molecule has 5 heterocycles. The minimum Gasteiger partial charge on any atom is -0.410 e. The van der Waals surface area contributed by atoms with Gasteiger partial charge in [0.05, 0.1) is 34.3 Å². The first kappa shape index (κ1) is 48.0. The van der Waals surface area contributed by atoms with E-state index in [0.717, 1.165) is 14.9 Å². The highest BCUT2D eigenvalue weighted by Gasteiger charge is 2.23. The second-order valence-electron chi connectivity index (χ2n) is 12.6. The number of halogens is 5. The molecule has 0 saturated heterocycles. The summed E-state index contributed by atoms with van der Waals surface area (Å²) in [7, 11) is 0. The van der Waals surface area contributed by atoms with Crippen molar-refractivity contribution in [2.45, 2.75) is 13.8 Å². The van der Waals surface area contributed by atoms with Crippen LogP contribution in [-0.4, -0.2) is 117 Å². The van der Waals surface area contributed by atoms with Crippen molar-refractivity contribution in [3.05, 3.63) is 125 Å². The van der Waals surface area contributed by atoms with Crippen LogP contribution in [0.4, 0.5) is 17.1 Å². The maximum atomic E-state index is 10.8. The SMILES string of the molecule is Cc1c([N+](=O)[O-])c(Br)cc2nnn(O)c12.Cc1ccc(Br)c2nnn(O)c12.O=[N+]([O-])c1cc(Br)c2nnn(O)c2c1.O=[N+]([O-])c1cc(Br)cc2c1nnn2O.On1nnc2c(Cl)cccc21. The highest BCUT2D eigenvalue weighted by Crippen LogP contribution is 2.34. The van der Waals surface area contributed by atoms with Gasteiger partial charge in [0, 0.05) is 27.1 Å². The van der Waals surface area contributed by atoms with Crippen molar-refractivity contribution in [2.24, 2.45) is 0 Å². The van der Waals surface area contributed by atoms with Crippen LogP contribution in [0.3, 0.4) is 0 Å². The van der Waals surface area contributed by atoms with Crippen molar-refractivity contribution in [1.82, 2.24) is 75.8 Å². The molecule has 5 N–H and O–H groups in total. The van der Waals surface area contributed by atoms with Crippen LogP contribution in [0.5, 0.6) is 0 Å². The van der Waals surface area contributed by atoms with Crippen LogP contribution in [0, 0.1) is 44.2 Å². The van der Waals surface area contributed by atoms with Gasteiger partial charge in [-0.15, -0.1) is 25.5 Å². The van der Waals surface area contributed by atoms with Gasteiger partial charge in [0.2, 0.25) is 0 Å². The Balaban J connectivity index is 0.000000137. The fourth-order valence-electron chi connectivity index (χ4n) is 5.63. The first-order chi connectivity index (χ1) is 31.2. The standard InChI is InChI=1S/C7H5BrN4O3.C7H6BrN3O.2C6H3BrN4O3.C6H4ClN3O/c1-3-6(12(14)15)4(8)2-5-7(3)11(13)10-9-5;1-4-2-3-5(8)6-7(4)11(12)10-9-6;7-4-1-3(11(13)14)2-5-6(4)8-9-10(5)12;7-3-1-4-6(8-9-10(4)12)5(2-3)11(13)14;7-4-2-1-3-5-6(4)8-9-10(5)11/h2,13H,1H3;2-3,12H,1H3;2*1-2,12H;1-3,11H. The van der Waals surface area contributed by atoms with Crippen LogP contribution in [0.25, 0.3) is 55.2 Å². The molecule has 0 saturated carbocycles. The van der Waals surface area contributed by atoms with Crippen molar-refractivity contribution in [3.8, 4) is 0 Å². The quantitative estimate of drug-likeness (QED) is 0.0653. The number of nitro groups is 3. The lowest BCUT2D eigenvalue weighted by Gasteiger charge is -2.00. The largest absolute Gasteiger partial charge is 0.410 e. The molecule has 29 nitrogen and oxygen atoms in total. The summed E-state index contributed by atoms with van der Waals surface area (Å²) >= 11 is 18.3. The summed E-state index contributed by atoms with van der Waals surface area (Å²) in [6.07, 6.45) is 0. The number of rotatable bonds is 3. The first-order valence-electron chi connectivity index (χ1n) is 17.2. The fourth-order valence-corrected chi connectivity index (χ4v) is 7.84. The third-order valence-electron chi connectivity index (χ3n) is 8.57. The summed E-state index contributed by atoms with van der Waals surface area (Å²) in [4.78, 5) is 33.2. The number of benzene rings is 5. The van der Waals surface area contributed by atoms with E-state index in [0.29, 0.717) is 76.5 Å². The summed E-state index contributed by atoms with van der Waals surface area (Å²) in [6.45, 7) is 3.42. The highest BCUT2D eigenvalue weighted by atomic mass is 79.9. The van der Waals surface area contributed by atoms with Crippen molar-refractivity contribution in [3.63, 3.8) is 0 Å². The summed E-state index contributed by atoms with van der Waals surface area (Å²) in [5, 5.41) is 113. The van der Waals surface area contributed by atoms with E-state index < -0.39 is 14.8 Å².